The van der Waals surface area contributed by atoms with Gasteiger partial charge in [-0.1, -0.05) is 0 Å². The van der Waals surface area contributed by atoms with E-state index in [1.54, 1.807) is 0 Å². The topological polar surface area (TPSA) is 157 Å². The predicted octanol–water partition coefficient (Wildman–Crippen LogP) is -2.71. The molecule has 2 aliphatic rings. The van der Waals surface area contributed by atoms with E-state index < -0.39 is 48.5 Å². The zero-order valence-electron chi connectivity index (χ0n) is 12.2. The Balaban J connectivity index is 1.68. The SMILES string of the molecule is O=C1CC(=O)[C@@H](COC(=O)/C=C/C(=O)OC[C@H]2NC(=O)NC2=O)N1. The molecule has 0 aliphatic carbocycles. The first-order valence-electron chi connectivity index (χ1n) is 6.80. The van der Waals surface area contributed by atoms with Crippen molar-refractivity contribution in [3.05, 3.63) is 12.2 Å². The fourth-order valence-electron chi connectivity index (χ4n) is 1.88. The molecule has 11 nitrogen and oxygen atoms in total. The molecule has 3 N–H and O–H groups in total. The molecular formula is C13H13N3O8. The van der Waals surface area contributed by atoms with Gasteiger partial charge in [0.2, 0.25) is 5.91 Å². The highest BCUT2D eigenvalue weighted by molar-refractivity contribution is 6.07. The van der Waals surface area contributed by atoms with Crippen LogP contribution in [-0.4, -0.2) is 60.9 Å². The Kier molecular flexibility index (Phi) is 5.24. The standard InChI is InChI=1S/C13H13N3O8/c17-8-3-9(18)14-6(8)4-23-10(19)1-2-11(20)24-5-7-12(21)16-13(22)15-7/h1-2,6-7H,3-5H2,(H,14,18)(H2,15,16,21,22)/b2-1+/t6-,7-/m1/s1. The van der Waals surface area contributed by atoms with Crippen LogP contribution in [0.2, 0.25) is 0 Å². The number of carbonyl (C=O) groups is 6. The average Bonchev–Trinajstić information content (AvgIpc) is 3.01. The van der Waals surface area contributed by atoms with E-state index in [0.717, 1.165) is 12.2 Å². The molecule has 0 aromatic carbocycles. The first-order valence-corrected chi connectivity index (χ1v) is 6.80. The molecule has 2 fully saturated rings. The number of urea groups is 1. The number of carbonyl (C=O) groups excluding carboxylic acids is 6. The van der Waals surface area contributed by atoms with Crippen molar-refractivity contribution in [1.29, 1.82) is 0 Å². The van der Waals surface area contributed by atoms with Crippen LogP contribution in [0.5, 0.6) is 0 Å². The summed E-state index contributed by atoms with van der Waals surface area (Å²) in [5.41, 5.74) is 0. The van der Waals surface area contributed by atoms with Crippen LogP contribution in [0.25, 0.3) is 0 Å². The fourth-order valence-corrected chi connectivity index (χ4v) is 1.88. The minimum absolute atomic E-state index is 0.254. The van der Waals surface area contributed by atoms with E-state index in [-0.39, 0.29) is 18.8 Å². The molecule has 128 valence electrons. The maximum atomic E-state index is 11.4. The molecule has 24 heavy (non-hydrogen) atoms. The van der Waals surface area contributed by atoms with Gasteiger partial charge in [0.25, 0.3) is 5.91 Å². The van der Waals surface area contributed by atoms with Gasteiger partial charge in [0.1, 0.15) is 25.3 Å². The Morgan fingerprint density at radius 3 is 2.00 bits per heavy atom. The lowest BCUT2D eigenvalue weighted by atomic mass is 10.2. The van der Waals surface area contributed by atoms with E-state index in [9.17, 15) is 28.8 Å². The number of ketones is 1. The maximum absolute atomic E-state index is 11.4. The van der Waals surface area contributed by atoms with Crippen molar-refractivity contribution in [2.24, 2.45) is 0 Å². The van der Waals surface area contributed by atoms with E-state index in [0.29, 0.717) is 0 Å². The molecule has 0 radical (unpaired) electrons. The van der Waals surface area contributed by atoms with Gasteiger partial charge in [-0.15, -0.1) is 0 Å². The summed E-state index contributed by atoms with van der Waals surface area (Å²) in [5, 5.41) is 6.51. The van der Waals surface area contributed by atoms with E-state index >= 15 is 0 Å². The lowest BCUT2D eigenvalue weighted by Crippen LogP contribution is -2.34. The largest absolute Gasteiger partial charge is 0.460 e. The number of hydrogen-bond acceptors (Lipinski definition) is 8. The number of Topliss-reactive ketones (excluding diaryl/α,β-unsaturated/α-hetero) is 1. The molecule has 0 saturated carbocycles. The Labute approximate surface area is 134 Å². The van der Waals surface area contributed by atoms with Gasteiger partial charge >= 0.3 is 18.0 Å². The maximum Gasteiger partial charge on any atom is 0.331 e. The highest BCUT2D eigenvalue weighted by atomic mass is 16.5. The number of ether oxygens (including phenoxy) is 2. The molecule has 4 amide bonds. The van der Waals surface area contributed by atoms with Gasteiger partial charge < -0.3 is 20.1 Å². The Morgan fingerprint density at radius 1 is 0.958 bits per heavy atom. The summed E-state index contributed by atoms with van der Waals surface area (Å²) in [6, 6.07) is -2.56. The van der Waals surface area contributed by atoms with Crippen LogP contribution in [0.1, 0.15) is 6.42 Å². The summed E-state index contributed by atoms with van der Waals surface area (Å²) in [5.74, 6) is -3.28. The van der Waals surface area contributed by atoms with E-state index in [1.807, 2.05) is 5.32 Å². The van der Waals surface area contributed by atoms with Crippen LogP contribution >= 0.6 is 0 Å². The lowest BCUT2D eigenvalue weighted by molar-refractivity contribution is -0.142. The van der Waals surface area contributed by atoms with Crippen LogP contribution in [0, 0.1) is 0 Å². The summed E-state index contributed by atoms with van der Waals surface area (Å²) in [6.07, 6.45) is 1.29. The fraction of sp³-hybridized carbons (Fsp3) is 0.385. The van der Waals surface area contributed by atoms with Crippen molar-refractivity contribution in [1.82, 2.24) is 16.0 Å². The molecular weight excluding hydrogens is 326 g/mol. The zero-order chi connectivity index (χ0) is 17.7. The third-order valence-corrected chi connectivity index (χ3v) is 3.06. The van der Waals surface area contributed by atoms with Crippen molar-refractivity contribution < 1.29 is 38.2 Å². The second kappa shape index (κ2) is 7.35. The Morgan fingerprint density at radius 2 is 1.54 bits per heavy atom. The summed E-state index contributed by atoms with van der Waals surface area (Å²) in [4.78, 5) is 67.0. The molecule has 2 atom stereocenters. The molecule has 0 spiro atoms. The molecule has 0 unspecified atom stereocenters. The van der Waals surface area contributed by atoms with Gasteiger partial charge in [-0.25, -0.2) is 14.4 Å². The summed E-state index contributed by atoms with van der Waals surface area (Å²) >= 11 is 0. The summed E-state index contributed by atoms with van der Waals surface area (Å²) in [6.45, 7) is -0.727. The first kappa shape index (κ1) is 17.1. The molecule has 2 saturated heterocycles. The minimum atomic E-state index is -0.987. The van der Waals surface area contributed by atoms with E-state index in [2.05, 4.69) is 15.4 Å². The zero-order valence-corrected chi connectivity index (χ0v) is 12.2. The van der Waals surface area contributed by atoms with Crippen LogP contribution < -0.4 is 16.0 Å². The second-order valence-electron chi connectivity index (χ2n) is 4.87. The smallest absolute Gasteiger partial charge is 0.331 e. The number of amides is 4. The second-order valence-corrected chi connectivity index (χ2v) is 4.87. The molecule has 2 aliphatic heterocycles. The van der Waals surface area contributed by atoms with E-state index in [4.69, 9.17) is 4.74 Å². The first-order chi connectivity index (χ1) is 11.3. The Bertz CT molecular complexity index is 587. The summed E-state index contributed by atoms with van der Waals surface area (Å²) in [7, 11) is 0. The number of imide groups is 1. The number of nitrogens with one attached hydrogen (secondary N) is 3. The lowest BCUT2D eigenvalue weighted by Gasteiger charge is -2.08. The van der Waals surface area contributed by atoms with Crippen LogP contribution in [0.3, 0.4) is 0 Å². The summed E-state index contributed by atoms with van der Waals surface area (Å²) < 4.78 is 9.40. The normalized spacial score (nSPS) is 23.0. The highest BCUT2D eigenvalue weighted by Gasteiger charge is 2.31. The van der Waals surface area contributed by atoms with Crippen LogP contribution in [0.15, 0.2) is 12.2 Å². The molecule has 0 aromatic rings. The third kappa shape index (κ3) is 4.63. The van der Waals surface area contributed by atoms with Gasteiger partial charge in [-0.3, -0.25) is 19.7 Å². The van der Waals surface area contributed by atoms with Crippen molar-refractivity contribution in [2.75, 3.05) is 13.2 Å². The molecule has 2 heterocycles. The van der Waals surface area contributed by atoms with Crippen molar-refractivity contribution in [2.45, 2.75) is 18.5 Å². The van der Waals surface area contributed by atoms with Crippen LogP contribution in [0.4, 0.5) is 4.79 Å². The number of rotatable bonds is 6. The van der Waals surface area contributed by atoms with E-state index in [1.165, 1.54) is 0 Å². The molecule has 0 aromatic heterocycles. The van der Waals surface area contributed by atoms with Crippen LogP contribution in [-0.2, 0) is 33.4 Å². The predicted molar refractivity (Wildman–Crippen MR) is 73.1 cm³/mol. The van der Waals surface area contributed by atoms with Gasteiger partial charge in [0.05, 0.1) is 6.42 Å². The quantitative estimate of drug-likeness (QED) is 0.204. The monoisotopic (exact) mass is 339 g/mol. The number of hydrogen-bond donors (Lipinski definition) is 3. The van der Waals surface area contributed by atoms with Gasteiger partial charge in [0, 0.05) is 12.2 Å². The molecule has 11 heteroatoms. The molecule has 0 bridgehead atoms. The Hall–Kier alpha value is -3.24. The van der Waals surface area contributed by atoms with Gasteiger partial charge in [0.15, 0.2) is 5.78 Å². The highest BCUT2D eigenvalue weighted by Crippen LogP contribution is 2.03. The minimum Gasteiger partial charge on any atom is -0.460 e. The van der Waals surface area contributed by atoms with Crippen molar-refractivity contribution in [3.8, 4) is 0 Å². The molecule has 2 rings (SSSR count). The average molecular weight is 339 g/mol. The third-order valence-electron chi connectivity index (χ3n) is 3.06. The van der Waals surface area contributed by atoms with Crippen molar-refractivity contribution >= 4 is 35.6 Å². The van der Waals surface area contributed by atoms with Gasteiger partial charge in [-0.05, 0) is 0 Å². The van der Waals surface area contributed by atoms with Crippen molar-refractivity contribution in [3.63, 3.8) is 0 Å². The number of esters is 2. The van der Waals surface area contributed by atoms with Gasteiger partial charge in [-0.2, -0.15) is 0 Å².